The first-order chi connectivity index (χ1) is 10.2. The summed E-state index contributed by atoms with van der Waals surface area (Å²) in [5.74, 6) is 0.856. The molecule has 0 aliphatic rings. The zero-order valence-electron chi connectivity index (χ0n) is 12.0. The number of aromatic nitrogens is 1. The third-order valence-corrected chi connectivity index (χ3v) is 2.78. The van der Waals surface area contributed by atoms with Gasteiger partial charge in [-0.1, -0.05) is 12.1 Å². The van der Waals surface area contributed by atoms with Gasteiger partial charge in [0.1, 0.15) is 5.75 Å². The molecule has 0 fully saturated rings. The third-order valence-electron chi connectivity index (χ3n) is 2.78. The molecule has 5 heteroatoms. The van der Waals surface area contributed by atoms with Gasteiger partial charge >= 0.3 is 6.03 Å². The van der Waals surface area contributed by atoms with E-state index in [1.165, 1.54) is 5.56 Å². The lowest BCUT2D eigenvalue weighted by atomic mass is 10.2. The Morgan fingerprint density at radius 1 is 1.29 bits per heavy atom. The molecular weight excluding hydrogens is 266 g/mol. The molecular formula is C16H19N3O2. The highest BCUT2D eigenvalue weighted by molar-refractivity contribution is 5.88. The van der Waals surface area contributed by atoms with Crippen molar-refractivity contribution in [1.82, 2.24) is 10.3 Å². The minimum Gasteiger partial charge on any atom is -0.494 e. The summed E-state index contributed by atoms with van der Waals surface area (Å²) in [6, 6.07) is 11.2. The second-order valence-corrected chi connectivity index (χ2v) is 4.64. The van der Waals surface area contributed by atoms with Gasteiger partial charge in [-0.2, -0.15) is 0 Å². The van der Waals surface area contributed by atoms with Crippen LogP contribution in [-0.4, -0.2) is 24.2 Å². The quantitative estimate of drug-likeness (QED) is 0.802. The Kier molecular flexibility index (Phi) is 5.58. The number of rotatable bonds is 6. The van der Waals surface area contributed by atoms with Crippen molar-refractivity contribution in [2.24, 2.45) is 0 Å². The first kappa shape index (κ1) is 14.8. The Bertz CT molecular complexity index is 573. The van der Waals surface area contributed by atoms with Crippen LogP contribution in [0.15, 0.2) is 48.8 Å². The van der Waals surface area contributed by atoms with E-state index in [4.69, 9.17) is 4.74 Å². The number of carbonyl (C=O) groups excluding carboxylic acids is 1. The summed E-state index contributed by atoms with van der Waals surface area (Å²) in [4.78, 5) is 15.5. The molecule has 0 saturated carbocycles. The van der Waals surface area contributed by atoms with Gasteiger partial charge in [-0.3, -0.25) is 4.98 Å². The van der Waals surface area contributed by atoms with Crippen LogP contribution in [0, 0.1) is 6.92 Å². The number of ether oxygens (including phenoxy) is 1. The van der Waals surface area contributed by atoms with Crippen molar-refractivity contribution in [2.75, 3.05) is 18.5 Å². The molecule has 2 aromatic rings. The van der Waals surface area contributed by atoms with Crippen molar-refractivity contribution in [2.45, 2.75) is 13.3 Å². The molecule has 0 aliphatic heterocycles. The molecule has 0 bridgehead atoms. The predicted octanol–water partition coefficient (Wildman–Crippen LogP) is 2.98. The van der Waals surface area contributed by atoms with Gasteiger partial charge in [0.25, 0.3) is 0 Å². The fourth-order valence-corrected chi connectivity index (χ4v) is 1.78. The minimum atomic E-state index is -0.237. The maximum absolute atomic E-state index is 11.6. The number of anilines is 1. The fraction of sp³-hybridized carbons (Fsp3) is 0.250. The van der Waals surface area contributed by atoms with Crippen LogP contribution in [0.4, 0.5) is 10.5 Å². The van der Waals surface area contributed by atoms with E-state index in [2.05, 4.69) is 15.6 Å². The second kappa shape index (κ2) is 7.89. The number of hydrogen-bond donors (Lipinski definition) is 2. The number of pyridine rings is 1. The molecule has 5 nitrogen and oxygen atoms in total. The van der Waals surface area contributed by atoms with E-state index < -0.39 is 0 Å². The molecule has 1 aromatic carbocycles. The van der Waals surface area contributed by atoms with E-state index in [0.29, 0.717) is 18.8 Å². The summed E-state index contributed by atoms with van der Waals surface area (Å²) in [6.07, 6.45) is 4.00. The molecule has 0 spiro atoms. The molecule has 110 valence electrons. The average molecular weight is 285 g/mol. The van der Waals surface area contributed by atoms with Crippen LogP contribution in [0.1, 0.15) is 12.0 Å². The third kappa shape index (κ3) is 5.52. The number of amides is 2. The molecule has 1 heterocycles. The molecule has 2 rings (SSSR count). The van der Waals surface area contributed by atoms with Gasteiger partial charge in [0.2, 0.25) is 0 Å². The van der Waals surface area contributed by atoms with E-state index in [0.717, 1.165) is 12.2 Å². The van der Waals surface area contributed by atoms with Crippen LogP contribution in [0.5, 0.6) is 5.75 Å². The SMILES string of the molecule is Cc1cccc(OCCCNC(=O)Nc2cccnc2)c1. The lowest BCUT2D eigenvalue weighted by Crippen LogP contribution is -2.30. The number of benzene rings is 1. The average Bonchev–Trinajstić information content (AvgIpc) is 2.48. The maximum atomic E-state index is 11.6. The van der Waals surface area contributed by atoms with Gasteiger partial charge in [0, 0.05) is 12.7 Å². The highest BCUT2D eigenvalue weighted by Crippen LogP contribution is 2.12. The van der Waals surface area contributed by atoms with E-state index in [-0.39, 0.29) is 6.03 Å². The van der Waals surface area contributed by atoms with Gasteiger partial charge in [0.15, 0.2) is 0 Å². The maximum Gasteiger partial charge on any atom is 0.319 e. The van der Waals surface area contributed by atoms with Crippen LogP contribution in [-0.2, 0) is 0 Å². The smallest absolute Gasteiger partial charge is 0.319 e. The van der Waals surface area contributed by atoms with Crippen LogP contribution in [0.25, 0.3) is 0 Å². The van der Waals surface area contributed by atoms with E-state index in [1.54, 1.807) is 24.5 Å². The first-order valence-corrected chi connectivity index (χ1v) is 6.88. The Labute approximate surface area is 124 Å². The second-order valence-electron chi connectivity index (χ2n) is 4.64. The van der Waals surface area contributed by atoms with E-state index >= 15 is 0 Å². The van der Waals surface area contributed by atoms with Gasteiger partial charge in [-0.15, -0.1) is 0 Å². The van der Waals surface area contributed by atoms with Gasteiger partial charge in [0.05, 0.1) is 18.5 Å². The lowest BCUT2D eigenvalue weighted by molar-refractivity contribution is 0.250. The number of nitrogens with one attached hydrogen (secondary N) is 2. The predicted molar refractivity (Wildman–Crippen MR) is 82.5 cm³/mol. The summed E-state index contributed by atoms with van der Waals surface area (Å²) in [6.45, 7) is 3.14. The standard InChI is InChI=1S/C16H19N3O2/c1-13-5-2-7-15(11-13)21-10-4-9-18-16(20)19-14-6-3-8-17-12-14/h2-3,5-8,11-12H,4,9-10H2,1H3,(H2,18,19,20). The monoisotopic (exact) mass is 285 g/mol. The van der Waals surface area contributed by atoms with Crippen molar-refractivity contribution < 1.29 is 9.53 Å². The number of hydrogen-bond acceptors (Lipinski definition) is 3. The van der Waals surface area contributed by atoms with Crippen LogP contribution in [0.3, 0.4) is 0 Å². The summed E-state index contributed by atoms with van der Waals surface area (Å²) in [7, 11) is 0. The highest BCUT2D eigenvalue weighted by Gasteiger charge is 2.00. The van der Waals surface area contributed by atoms with Crippen molar-refractivity contribution >= 4 is 11.7 Å². The van der Waals surface area contributed by atoms with Crippen LogP contribution >= 0.6 is 0 Å². The fourth-order valence-electron chi connectivity index (χ4n) is 1.78. The van der Waals surface area contributed by atoms with Crippen LogP contribution in [0.2, 0.25) is 0 Å². The Morgan fingerprint density at radius 2 is 2.19 bits per heavy atom. The van der Waals surface area contributed by atoms with Gasteiger partial charge < -0.3 is 15.4 Å². The summed E-state index contributed by atoms with van der Waals surface area (Å²) in [5.41, 5.74) is 1.84. The Morgan fingerprint density at radius 3 is 2.95 bits per heavy atom. The normalized spacial score (nSPS) is 9.95. The zero-order valence-corrected chi connectivity index (χ0v) is 12.0. The largest absolute Gasteiger partial charge is 0.494 e. The van der Waals surface area contributed by atoms with Gasteiger partial charge in [-0.25, -0.2) is 4.79 Å². The molecule has 0 saturated heterocycles. The molecule has 2 N–H and O–H groups in total. The van der Waals surface area contributed by atoms with E-state index in [1.807, 2.05) is 31.2 Å². The van der Waals surface area contributed by atoms with Gasteiger partial charge in [-0.05, 0) is 43.2 Å². The summed E-state index contributed by atoms with van der Waals surface area (Å²) in [5, 5.41) is 5.48. The molecule has 21 heavy (non-hydrogen) atoms. The molecule has 0 unspecified atom stereocenters. The van der Waals surface area contributed by atoms with Crippen molar-refractivity contribution in [3.63, 3.8) is 0 Å². The number of carbonyl (C=O) groups is 1. The lowest BCUT2D eigenvalue weighted by Gasteiger charge is -2.08. The van der Waals surface area contributed by atoms with E-state index in [9.17, 15) is 4.79 Å². The highest BCUT2D eigenvalue weighted by atomic mass is 16.5. The molecule has 0 aliphatic carbocycles. The Hall–Kier alpha value is -2.56. The zero-order chi connectivity index (χ0) is 14.9. The summed E-state index contributed by atoms with van der Waals surface area (Å²) >= 11 is 0. The van der Waals surface area contributed by atoms with Crippen LogP contribution < -0.4 is 15.4 Å². The number of urea groups is 1. The number of nitrogens with zero attached hydrogens (tertiary/aromatic N) is 1. The molecule has 0 radical (unpaired) electrons. The molecule has 0 atom stereocenters. The minimum absolute atomic E-state index is 0.237. The topological polar surface area (TPSA) is 63.2 Å². The van der Waals surface area contributed by atoms with Crippen molar-refractivity contribution in [1.29, 1.82) is 0 Å². The van der Waals surface area contributed by atoms with Crippen molar-refractivity contribution in [3.8, 4) is 5.75 Å². The molecule has 2 amide bonds. The van der Waals surface area contributed by atoms with Crippen molar-refractivity contribution in [3.05, 3.63) is 54.4 Å². The Balaban J connectivity index is 1.60. The molecule has 1 aromatic heterocycles. The summed E-state index contributed by atoms with van der Waals surface area (Å²) < 4.78 is 5.61. The number of aryl methyl sites for hydroxylation is 1. The first-order valence-electron chi connectivity index (χ1n) is 6.88.